The summed E-state index contributed by atoms with van der Waals surface area (Å²) in [6, 6.07) is 1.43. The molecule has 0 N–H and O–H groups in total. The fourth-order valence-electron chi connectivity index (χ4n) is 5.68. The average Bonchev–Trinajstić information content (AvgIpc) is 3.23. The number of likely N-dealkylation sites (tertiary alicyclic amines) is 3. The van der Waals surface area contributed by atoms with Crippen LogP contribution in [0.25, 0.3) is 0 Å². The molecule has 4 fully saturated rings. The van der Waals surface area contributed by atoms with Gasteiger partial charge in [0.2, 0.25) is 0 Å². The maximum Gasteiger partial charge on any atom is 0.0625 e. The molecule has 0 bridgehead atoms. The van der Waals surface area contributed by atoms with E-state index in [2.05, 4.69) is 35.5 Å². The van der Waals surface area contributed by atoms with E-state index in [1.54, 1.807) is 0 Å². The van der Waals surface area contributed by atoms with Crippen molar-refractivity contribution in [2.75, 3.05) is 45.9 Å². The van der Waals surface area contributed by atoms with Gasteiger partial charge in [0.05, 0.1) is 12.8 Å². The van der Waals surface area contributed by atoms with Crippen LogP contribution in [0.15, 0.2) is 0 Å². The quantitative estimate of drug-likeness (QED) is 0.760. The number of hydrogen-bond donors (Lipinski definition) is 0. The molecule has 0 saturated carbocycles. The molecule has 0 amide bonds. The van der Waals surface area contributed by atoms with Crippen molar-refractivity contribution in [3.8, 4) is 0 Å². The van der Waals surface area contributed by atoms with Crippen LogP contribution in [0.1, 0.15) is 52.9 Å². The summed E-state index contributed by atoms with van der Waals surface area (Å²) in [5, 5.41) is 0. The molecule has 144 valence electrons. The SMILES string of the molecule is CC(C)C1CN(C2CCCN2C(C)C2CCN(C3CCCOC3)C2)C1. The Morgan fingerprint density at radius 1 is 0.840 bits per heavy atom. The van der Waals surface area contributed by atoms with E-state index in [1.165, 1.54) is 64.8 Å². The van der Waals surface area contributed by atoms with Crippen LogP contribution in [-0.4, -0.2) is 78.9 Å². The molecule has 0 aromatic carbocycles. The normalized spacial score (nSPS) is 37.7. The molecule has 4 heterocycles. The second-order valence-electron chi connectivity index (χ2n) is 9.47. The van der Waals surface area contributed by atoms with Crippen molar-refractivity contribution in [3.05, 3.63) is 0 Å². The highest BCUT2D eigenvalue weighted by molar-refractivity contribution is 4.95. The van der Waals surface area contributed by atoms with Gasteiger partial charge in [0.1, 0.15) is 0 Å². The smallest absolute Gasteiger partial charge is 0.0625 e. The molecule has 0 aromatic heterocycles. The van der Waals surface area contributed by atoms with Crippen LogP contribution in [0.5, 0.6) is 0 Å². The van der Waals surface area contributed by atoms with E-state index in [-0.39, 0.29) is 0 Å². The summed E-state index contributed by atoms with van der Waals surface area (Å²) in [4.78, 5) is 8.38. The van der Waals surface area contributed by atoms with Crippen LogP contribution in [0.3, 0.4) is 0 Å². The van der Waals surface area contributed by atoms with Crippen molar-refractivity contribution >= 4 is 0 Å². The zero-order chi connectivity index (χ0) is 17.4. The van der Waals surface area contributed by atoms with E-state index in [1.807, 2.05) is 0 Å². The highest BCUT2D eigenvalue weighted by atomic mass is 16.5. The standard InChI is InChI=1S/C21H39N3O/c1-16(2)19-13-23(14-19)21-7-4-9-24(21)17(3)18-8-10-22(12-18)20-6-5-11-25-15-20/h16-21H,4-15H2,1-3H3. The van der Waals surface area contributed by atoms with Gasteiger partial charge in [-0.2, -0.15) is 0 Å². The first-order valence-electron chi connectivity index (χ1n) is 10.9. The Hall–Kier alpha value is -0.160. The second kappa shape index (κ2) is 7.84. The molecule has 25 heavy (non-hydrogen) atoms. The van der Waals surface area contributed by atoms with Crippen LogP contribution >= 0.6 is 0 Å². The zero-order valence-corrected chi connectivity index (χ0v) is 16.7. The number of ether oxygens (including phenoxy) is 1. The molecule has 4 aliphatic rings. The summed E-state index contributed by atoms with van der Waals surface area (Å²) < 4.78 is 5.73. The Morgan fingerprint density at radius 3 is 2.36 bits per heavy atom. The Morgan fingerprint density at radius 2 is 1.64 bits per heavy atom. The molecule has 4 aliphatic heterocycles. The summed E-state index contributed by atoms with van der Waals surface area (Å²) in [6.07, 6.45) is 7.50. The van der Waals surface area contributed by atoms with Crippen LogP contribution in [0, 0.1) is 17.8 Å². The van der Waals surface area contributed by atoms with E-state index in [4.69, 9.17) is 4.74 Å². The molecule has 4 heteroatoms. The highest BCUT2D eigenvalue weighted by Gasteiger charge is 2.42. The second-order valence-corrected chi connectivity index (χ2v) is 9.47. The predicted molar refractivity (Wildman–Crippen MR) is 103 cm³/mol. The number of nitrogens with zero attached hydrogens (tertiary/aromatic N) is 3. The minimum atomic E-state index is 0.697. The molecule has 0 aromatic rings. The molecule has 4 saturated heterocycles. The van der Waals surface area contributed by atoms with E-state index in [9.17, 15) is 0 Å². The third-order valence-corrected chi connectivity index (χ3v) is 7.68. The van der Waals surface area contributed by atoms with Crippen LogP contribution < -0.4 is 0 Å². The lowest BCUT2D eigenvalue weighted by Gasteiger charge is -2.49. The first-order chi connectivity index (χ1) is 12.1. The fourth-order valence-corrected chi connectivity index (χ4v) is 5.68. The minimum absolute atomic E-state index is 0.697. The van der Waals surface area contributed by atoms with Gasteiger partial charge >= 0.3 is 0 Å². The number of hydrogen-bond acceptors (Lipinski definition) is 4. The Labute approximate surface area is 154 Å². The van der Waals surface area contributed by atoms with E-state index >= 15 is 0 Å². The highest BCUT2D eigenvalue weighted by Crippen LogP contribution is 2.35. The maximum absolute atomic E-state index is 5.73. The molecule has 4 rings (SSSR count). The van der Waals surface area contributed by atoms with Crippen molar-refractivity contribution < 1.29 is 4.74 Å². The summed E-state index contributed by atoms with van der Waals surface area (Å²) in [7, 11) is 0. The van der Waals surface area contributed by atoms with Crippen molar-refractivity contribution in [2.45, 2.75) is 71.1 Å². The molecule has 4 atom stereocenters. The molecular weight excluding hydrogens is 310 g/mol. The van der Waals surface area contributed by atoms with Gasteiger partial charge in [-0.25, -0.2) is 0 Å². The summed E-state index contributed by atoms with van der Waals surface area (Å²) in [5.41, 5.74) is 0. The summed E-state index contributed by atoms with van der Waals surface area (Å²) in [5.74, 6) is 2.64. The van der Waals surface area contributed by atoms with Gasteiger partial charge in [-0.05, 0) is 63.3 Å². The Bertz CT molecular complexity index is 431. The third kappa shape index (κ3) is 3.78. The maximum atomic E-state index is 5.73. The lowest BCUT2D eigenvalue weighted by Crippen LogP contribution is -2.59. The van der Waals surface area contributed by atoms with Gasteiger partial charge in [0, 0.05) is 44.9 Å². The van der Waals surface area contributed by atoms with Gasteiger partial charge < -0.3 is 4.74 Å². The molecular formula is C21H39N3O. The first kappa shape index (κ1) is 18.2. The van der Waals surface area contributed by atoms with Crippen molar-refractivity contribution in [2.24, 2.45) is 17.8 Å². The van der Waals surface area contributed by atoms with Crippen molar-refractivity contribution in [1.29, 1.82) is 0 Å². The zero-order valence-electron chi connectivity index (χ0n) is 16.7. The minimum Gasteiger partial charge on any atom is -0.380 e. The summed E-state index contributed by atoms with van der Waals surface area (Å²) in [6.45, 7) is 15.8. The Balaban J connectivity index is 1.30. The van der Waals surface area contributed by atoms with Crippen molar-refractivity contribution in [1.82, 2.24) is 14.7 Å². The molecule has 0 aliphatic carbocycles. The number of rotatable bonds is 5. The molecule has 0 spiro atoms. The van der Waals surface area contributed by atoms with Gasteiger partial charge in [-0.15, -0.1) is 0 Å². The summed E-state index contributed by atoms with van der Waals surface area (Å²) >= 11 is 0. The third-order valence-electron chi connectivity index (χ3n) is 7.68. The van der Waals surface area contributed by atoms with Crippen LogP contribution in [0.2, 0.25) is 0 Å². The van der Waals surface area contributed by atoms with Gasteiger partial charge in [-0.1, -0.05) is 13.8 Å². The topological polar surface area (TPSA) is 19.0 Å². The lowest BCUT2D eigenvalue weighted by atomic mass is 9.87. The molecule has 4 nitrogen and oxygen atoms in total. The molecule has 4 unspecified atom stereocenters. The van der Waals surface area contributed by atoms with Crippen molar-refractivity contribution in [3.63, 3.8) is 0 Å². The Kier molecular flexibility index (Phi) is 5.71. The van der Waals surface area contributed by atoms with E-state index in [0.29, 0.717) is 6.04 Å². The average molecular weight is 350 g/mol. The van der Waals surface area contributed by atoms with Gasteiger partial charge in [0.15, 0.2) is 0 Å². The fraction of sp³-hybridized carbons (Fsp3) is 1.00. The monoisotopic (exact) mass is 349 g/mol. The largest absolute Gasteiger partial charge is 0.380 e. The predicted octanol–water partition coefficient (Wildman–Crippen LogP) is 2.89. The van der Waals surface area contributed by atoms with E-state index in [0.717, 1.165) is 43.2 Å². The van der Waals surface area contributed by atoms with E-state index < -0.39 is 0 Å². The first-order valence-corrected chi connectivity index (χ1v) is 10.9. The lowest BCUT2D eigenvalue weighted by molar-refractivity contribution is -0.0476. The van der Waals surface area contributed by atoms with Crippen LogP contribution in [-0.2, 0) is 4.74 Å². The van der Waals surface area contributed by atoms with Crippen LogP contribution in [0.4, 0.5) is 0 Å². The van der Waals surface area contributed by atoms with Gasteiger partial charge in [0.25, 0.3) is 0 Å². The van der Waals surface area contributed by atoms with Gasteiger partial charge in [-0.3, -0.25) is 14.7 Å². The molecule has 0 radical (unpaired) electrons.